The molecule has 102 valence electrons. The lowest BCUT2D eigenvalue weighted by molar-refractivity contribution is 0.163. The molecule has 1 aromatic rings. The number of nitrogens with one attached hydrogen (secondary N) is 1. The summed E-state index contributed by atoms with van der Waals surface area (Å²) in [5, 5.41) is 12.1. The van der Waals surface area contributed by atoms with Gasteiger partial charge in [0.15, 0.2) is 11.6 Å². The summed E-state index contributed by atoms with van der Waals surface area (Å²) in [6, 6.07) is 1.41. The molecule has 0 aliphatic carbocycles. The van der Waals surface area contributed by atoms with Crippen LogP contribution >= 0.6 is 0 Å². The second-order valence-electron chi connectivity index (χ2n) is 4.68. The summed E-state index contributed by atoms with van der Waals surface area (Å²) in [5.41, 5.74) is 0.0955. The Morgan fingerprint density at radius 2 is 1.72 bits per heavy atom. The molecule has 0 aliphatic rings. The van der Waals surface area contributed by atoms with Crippen LogP contribution in [0.5, 0.6) is 0 Å². The fourth-order valence-corrected chi connectivity index (χ4v) is 1.82. The van der Waals surface area contributed by atoms with Crippen molar-refractivity contribution in [2.75, 3.05) is 6.54 Å². The average Bonchev–Trinajstić information content (AvgIpc) is 2.24. The van der Waals surface area contributed by atoms with Gasteiger partial charge in [0.05, 0.1) is 6.10 Å². The lowest BCUT2D eigenvalue weighted by Gasteiger charge is -2.14. The van der Waals surface area contributed by atoms with E-state index in [1.54, 1.807) is 6.92 Å². The number of hydrogen-bond acceptors (Lipinski definition) is 2. The first-order valence-electron chi connectivity index (χ1n) is 5.92. The van der Waals surface area contributed by atoms with Crippen LogP contribution in [-0.4, -0.2) is 17.8 Å². The zero-order chi connectivity index (χ0) is 13.7. The van der Waals surface area contributed by atoms with Crippen LogP contribution in [0.2, 0.25) is 0 Å². The quantitative estimate of drug-likeness (QED) is 0.771. The Morgan fingerprint density at radius 3 is 2.33 bits per heavy atom. The third-order valence-corrected chi connectivity index (χ3v) is 2.64. The van der Waals surface area contributed by atoms with E-state index in [1.807, 2.05) is 6.92 Å². The van der Waals surface area contributed by atoms with Gasteiger partial charge in [-0.2, -0.15) is 0 Å². The van der Waals surface area contributed by atoms with E-state index in [2.05, 4.69) is 5.32 Å². The topological polar surface area (TPSA) is 32.3 Å². The van der Waals surface area contributed by atoms with Crippen LogP contribution in [0, 0.1) is 23.4 Å². The first kappa shape index (κ1) is 15.0. The average molecular weight is 261 g/mol. The van der Waals surface area contributed by atoms with E-state index in [4.69, 9.17) is 0 Å². The Bertz CT molecular complexity index is 396. The van der Waals surface area contributed by atoms with Crippen LogP contribution in [-0.2, 0) is 6.54 Å². The van der Waals surface area contributed by atoms with Crippen molar-refractivity contribution in [2.45, 2.75) is 32.9 Å². The predicted molar refractivity (Wildman–Crippen MR) is 63.5 cm³/mol. The van der Waals surface area contributed by atoms with Crippen LogP contribution in [0.4, 0.5) is 13.2 Å². The molecule has 1 rings (SSSR count). The molecule has 0 saturated carbocycles. The minimum absolute atomic E-state index is 0.0955. The fourth-order valence-electron chi connectivity index (χ4n) is 1.82. The predicted octanol–water partition coefficient (Wildman–Crippen LogP) is 2.60. The monoisotopic (exact) mass is 261 g/mol. The van der Waals surface area contributed by atoms with Crippen molar-refractivity contribution < 1.29 is 18.3 Å². The van der Waals surface area contributed by atoms with E-state index in [9.17, 15) is 18.3 Å². The second kappa shape index (κ2) is 6.75. The molecule has 0 radical (unpaired) electrons. The second-order valence-corrected chi connectivity index (χ2v) is 4.68. The Labute approximate surface area is 105 Å². The number of halogens is 3. The third kappa shape index (κ3) is 4.66. The molecule has 18 heavy (non-hydrogen) atoms. The number of aliphatic hydroxyl groups excluding tert-OH is 1. The molecule has 5 heteroatoms. The lowest BCUT2D eigenvalue weighted by Crippen LogP contribution is -2.23. The Kier molecular flexibility index (Phi) is 5.62. The van der Waals surface area contributed by atoms with Gasteiger partial charge < -0.3 is 10.4 Å². The minimum atomic E-state index is -1.18. The zero-order valence-electron chi connectivity index (χ0n) is 10.5. The number of benzene rings is 1. The van der Waals surface area contributed by atoms with Gasteiger partial charge in [0.2, 0.25) is 0 Å². The molecule has 0 heterocycles. The maximum absolute atomic E-state index is 13.3. The molecular formula is C13H18F3NO. The van der Waals surface area contributed by atoms with Gasteiger partial charge in [0.1, 0.15) is 5.82 Å². The third-order valence-electron chi connectivity index (χ3n) is 2.64. The highest BCUT2D eigenvalue weighted by Crippen LogP contribution is 2.13. The molecule has 0 amide bonds. The molecule has 2 unspecified atom stereocenters. The van der Waals surface area contributed by atoms with Crippen molar-refractivity contribution in [3.05, 3.63) is 35.1 Å². The van der Waals surface area contributed by atoms with E-state index in [-0.39, 0.29) is 24.1 Å². The van der Waals surface area contributed by atoms with Crippen LogP contribution in [0.15, 0.2) is 12.1 Å². The highest BCUT2D eigenvalue weighted by atomic mass is 19.2. The molecule has 0 saturated heterocycles. The molecular weight excluding hydrogens is 243 g/mol. The van der Waals surface area contributed by atoms with Crippen molar-refractivity contribution in [1.82, 2.24) is 5.32 Å². The molecule has 0 aliphatic heterocycles. The molecule has 1 aromatic carbocycles. The van der Waals surface area contributed by atoms with Crippen molar-refractivity contribution in [1.29, 1.82) is 0 Å². The Balaban J connectivity index is 2.47. The lowest BCUT2D eigenvalue weighted by atomic mass is 10.0. The van der Waals surface area contributed by atoms with Crippen molar-refractivity contribution >= 4 is 0 Å². The highest BCUT2D eigenvalue weighted by Gasteiger charge is 2.10. The van der Waals surface area contributed by atoms with Crippen LogP contribution in [0.1, 0.15) is 25.8 Å². The van der Waals surface area contributed by atoms with E-state index < -0.39 is 17.5 Å². The van der Waals surface area contributed by atoms with Gasteiger partial charge in [-0.1, -0.05) is 6.92 Å². The van der Waals surface area contributed by atoms with E-state index in [0.717, 1.165) is 6.07 Å². The summed E-state index contributed by atoms with van der Waals surface area (Å²) in [5.74, 6) is -2.77. The molecule has 2 atom stereocenters. The SMILES string of the molecule is CC(O)CC(C)CNCc1cc(F)c(F)cc1F. The molecule has 0 aromatic heterocycles. The summed E-state index contributed by atoms with van der Waals surface area (Å²) in [4.78, 5) is 0. The summed E-state index contributed by atoms with van der Waals surface area (Å²) in [7, 11) is 0. The maximum atomic E-state index is 13.3. The Hall–Kier alpha value is -1.07. The maximum Gasteiger partial charge on any atom is 0.161 e. The normalized spacial score (nSPS) is 14.6. The first-order chi connectivity index (χ1) is 8.40. The zero-order valence-corrected chi connectivity index (χ0v) is 10.5. The van der Waals surface area contributed by atoms with Gasteiger partial charge in [0.25, 0.3) is 0 Å². The van der Waals surface area contributed by atoms with Crippen molar-refractivity contribution in [3.63, 3.8) is 0 Å². The van der Waals surface area contributed by atoms with Gasteiger partial charge in [0, 0.05) is 18.2 Å². The number of rotatable bonds is 6. The van der Waals surface area contributed by atoms with Crippen LogP contribution in [0.25, 0.3) is 0 Å². The summed E-state index contributed by atoms with van der Waals surface area (Å²) >= 11 is 0. The number of aliphatic hydroxyl groups is 1. The van der Waals surface area contributed by atoms with Gasteiger partial charge >= 0.3 is 0 Å². The van der Waals surface area contributed by atoms with Crippen LogP contribution in [0.3, 0.4) is 0 Å². The summed E-state index contributed by atoms with van der Waals surface area (Å²) < 4.78 is 38.9. The van der Waals surface area contributed by atoms with E-state index >= 15 is 0 Å². The van der Waals surface area contributed by atoms with Gasteiger partial charge in [-0.15, -0.1) is 0 Å². The molecule has 2 nitrogen and oxygen atoms in total. The van der Waals surface area contributed by atoms with Crippen LogP contribution < -0.4 is 5.32 Å². The molecule has 0 bridgehead atoms. The van der Waals surface area contributed by atoms with Gasteiger partial charge in [-0.3, -0.25) is 0 Å². The van der Waals surface area contributed by atoms with Crippen molar-refractivity contribution in [2.24, 2.45) is 5.92 Å². The molecule has 0 fully saturated rings. The first-order valence-corrected chi connectivity index (χ1v) is 5.92. The van der Waals surface area contributed by atoms with E-state index in [0.29, 0.717) is 19.0 Å². The Morgan fingerprint density at radius 1 is 1.11 bits per heavy atom. The summed E-state index contributed by atoms with van der Waals surface area (Å²) in [6.45, 7) is 4.35. The minimum Gasteiger partial charge on any atom is -0.393 e. The summed E-state index contributed by atoms with van der Waals surface area (Å²) in [6.07, 6.45) is 0.245. The molecule has 2 N–H and O–H groups in total. The largest absolute Gasteiger partial charge is 0.393 e. The van der Waals surface area contributed by atoms with Gasteiger partial charge in [-0.25, -0.2) is 13.2 Å². The van der Waals surface area contributed by atoms with Gasteiger partial charge in [-0.05, 0) is 31.9 Å². The molecule has 0 spiro atoms. The smallest absolute Gasteiger partial charge is 0.161 e. The van der Waals surface area contributed by atoms with Crippen molar-refractivity contribution in [3.8, 4) is 0 Å². The van der Waals surface area contributed by atoms with E-state index in [1.165, 1.54) is 0 Å². The fraction of sp³-hybridized carbons (Fsp3) is 0.538. The highest BCUT2D eigenvalue weighted by molar-refractivity contribution is 5.19. The standard InChI is InChI=1S/C13H18F3NO/c1-8(3-9(2)18)6-17-7-10-4-12(15)13(16)5-11(10)14/h4-5,8-9,17-18H,3,6-7H2,1-2H3. The number of hydrogen-bond donors (Lipinski definition) is 2.